The zero-order chi connectivity index (χ0) is 17.8. The molecule has 126 valence electrons. The zero-order valence-electron chi connectivity index (χ0n) is 13.0. The van der Waals surface area contributed by atoms with Crippen molar-refractivity contribution in [2.45, 2.75) is 12.8 Å². The van der Waals surface area contributed by atoms with E-state index in [1.807, 2.05) is 0 Å². The second-order valence-corrected chi connectivity index (χ2v) is 6.84. The van der Waals surface area contributed by atoms with Crippen LogP contribution in [0, 0.1) is 5.82 Å². The molecule has 0 saturated carbocycles. The van der Waals surface area contributed by atoms with Gasteiger partial charge in [0.2, 0.25) is 0 Å². The standard InChI is InChI=1S/C19H13ClFNO2S/c20-13-5-6-15(19(24)16-3-1-2-4-17(16)21)12(9-13)10-14(23)11-18-22-7-8-25-18/h1-9H,10-11H2. The summed E-state index contributed by atoms with van der Waals surface area (Å²) >= 11 is 7.42. The molecule has 0 amide bonds. The van der Waals surface area contributed by atoms with Gasteiger partial charge in [-0.05, 0) is 35.9 Å². The summed E-state index contributed by atoms with van der Waals surface area (Å²) in [6.07, 6.45) is 1.87. The van der Waals surface area contributed by atoms with E-state index in [1.54, 1.807) is 29.8 Å². The Labute approximate surface area is 153 Å². The molecule has 2 aromatic carbocycles. The maximum absolute atomic E-state index is 13.9. The van der Waals surface area contributed by atoms with Crippen LogP contribution >= 0.6 is 22.9 Å². The molecular formula is C19H13ClFNO2S. The van der Waals surface area contributed by atoms with Gasteiger partial charge in [-0.15, -0.1) is 11.3 Å². The monoisotopic (exact) mass is 373 g/mol. The summed E-state index contributed by atoms with van der Waals surface area (Å²) in [5, 5.41) is 2.94. The van der Waals surface area contributed by atoms with Crippen LogP contribution in [0.3, 0.4) is 0 Å². The summed E-state index contributed by atoms with van der Waals surface area (Å²) in [6, 6.07) is 10.4. The van der Waals surface area contributed by atoms with Gasteiger partial charge < -0.3 is 0 Å². The van der Waals surface area contributed by atoms with E-state index in [9.17, 15) is 14.0 Å². The van der Waals surface area contributed by atoms with E-state index < -0.39 is 11.6 Å². The third-order valence-electron chi connectivity index (χ3n) is 3.65. The molecule has 0 unspecified atom stereocenters. The van der Waals surface area contributed by atoms with Crippen LogP contribution in [0.5, 0.6) is 0 Å². The number of nitrogens with zero attached hydrogens (tertiary/aromatic N) is 1. The van der Waals surface area contributed by atoms with Crippen molar-refractivity contribution in [1.82, 2.24) is 4.98 Å². The molecule has 0 atom stereocenters. The van der Waals surface area contributed by atoms with Gasteiger partial charge in [-0.2, -0.15) is 0 Å². The third-order valence-corrected chi connectivity index (χ3v) is 4.66. The lowest BCUT2D eigenvalue weighted by molar-refractivity contribution is -0.117. The maximum Gasteiger partial charge on any atom is 0.196 e. The fourth-order valence-electron chi connectivity index (χ4n) is 2.50. The Morgan fingerprint density at radius 1 is 1.08 bits per heavy atom. The number of aromatic nitrogens is 1. The lowest BCUT2D eigenvalue weighted by atomic mass is 9.94. The first kappa shape index (κ1) is 17.5. The number of carbonyl (C=O) groups is 2. The molecule has 0 aliphatic rings. The van der Waals surface area contributed by atoms with E-state index in [0.717, 1.165) is 0 Å². The van der Waals surface area contributed by atoms with Crippen molar-refractivity contribution in [3.8, 4) is 0 Å². The zero-order valence-corrected chi connectivity index (χ0v) is 14.6. The van der Waals surface area contributed by atoms with Crippen LogP contribution in [0.1, 0.15) is 26.5 Å². The molecule has 0 aliphatic carbocycles. The highest BCUT2D eigenvalue weighted by molar-refractivity contribution is 7.09. The third kappa shape index (κ3) is 4.18. The SMILES string of the molecule is O=C(Cc1nccs1)Cc1cc(Cl)ccc1C(=O)c1ccccc1F. The molecule has 0 saturated heterocycles. The largest absolute Gasteiger partial charge is 0.299 e. The second-order valence-electron chi connectivity index (χ2n) is 5.43. The molecule has 1 aromatic heterocycles. The molecule has 3 rings (SSSR count). The number of hydrogen-bond donors (Lipinski definition) is 0. The Morgan fingerprint density at radius 2 is 1.88 bits per heavy atom. The fourth-order valence-corrected chi connectivity index (χ4v) is 3.34. The first-order valence-electron chi connectivity index (χ1n) is 7.52. The average molecular weight is 374 g/mol. The van der Waals surface area contributed by atoms with Gasteiger partial charge in [0.1, 0.15) is 11.6 Å². The van der Waals surface area contributed by atoms with Crippen LogP contribution in [-0.2, 0) is 17.6 Å². The van der Waals surface area contributed by atoms with Crippen LogP contribution in [0.2, 0.25) is 5.02 Å². The van der Waals surface area contributed by atoms with Gasteiger partial charge in [0, 0.05) is 28.6 Å². The molecule has 6 heteroatoms. The molecule has 0 N–H and O–H groups in total. The molecule has 3 aromatic rings. The van der Waals surface area contributed by atoms with Gasteiger partial charge in [0.15, 0.2) is 5.78 Å². The van der Waals surface area contributed by atoms with Crippen molar-refractivity contribution in [2.75, 3.05) is 0 Å². The second kappa shape index (κ2) is 7.68. The molecule has 25 heavy (non-hydrogen) atoms. The lowest BCUT2D eigenvalue weighted by Crippen LogP contribution is -2.12. The number of benzene rings is 2. The quantitative estimate of drug-likeness (QED) is 0.597. The topological polar surface area (TPSA) is 47.0 Å². The summed E-state index contributed by atoms with van der Waals surface area (Å²) < 4.78 is 13.9. The Balaban J connectivity index is 1.89. The molecule has 1 heterocycles. The summed E-state index contributed by atoms with van der Waals surface area (Å²) in [6.45, 7) is 0. The van der Waals surface area contributed by atoms with Crippen LogP contribution in [0.4, 0.5) is 4.39 Å². The lowest BCUT2D eigenvalue weighted by Gasteiger charge is -2.09. The van der Waals surface area contributed by atoms with E-state index in [-0.39, 0.29) is 29.8 Å². The minimum Gasteiger partial charge on any atom is -0.299 e. The number of rotatable bonds is 6. The van der Waals surface area contributed by atoms with E-state index >= 15 is 0 Å². The number of ketones is 2. The van der Waals surface area contributed by atoms with Gasteiger partial charge in [-0.3, -0.25) is 9.59 Å². The molecule has 0 spiro atoms. The molecule has 0 bridgehead atoms. The summed E-state index contributed by atoms with van der Waals surface area (Å²) in [5.41, 5.74) is 0.739. The van der Waals surface area contributed by atoms with Gasteiger partial charge in [-0.25, -0.2) is 9.37 Å². The van der Waals surface area contributed by atoms with Gasteiger partial charge in [0.25, 0.3) is 0 Å². The Kier molecular flexibility index (Phi) is 5.36. The van der Waals surface area contributed by atoms with Gasteiger partial charge in [-0.1, -0.05) is 23.7 Å². The van der Waals surface area contributed by atoms with Crippen molar-refractivity contribution >= 4 is 34.5 Å². The Bertz CT molecular complexity index is 925. The predicted molar refractivity (Wildman–Crippen MR) is 95.8 cm³/mol. The minimum atomic E-state index is -0.595. The summed E-state index contributed by atoms with van der Waals surface area (Å²) in [4.78, 5) is 29.1. The highest BCUT2D eigenvalue weighted by atomic mass is 35.5. The van der Waals surface area contributed by atoms with Crippen molar-refractivity contribution in [3.63, 3.8) is 0 Å². The van der Waals surface area contributed by atoms with E-state index in [2.05, 4.69) is 4.98 Å². The van der Waals surface area contributed by atoms with Crippen molar-refractivity contribution in [1.29, 1.82) is 0 Å². The molecule has 3 nitrogen and oxygen atoms in total. The number of hydrogen-bond acceptors (Lipinski definition) is 4. The molecule has 0 fully saturated rings. The molecule has 0 radical (unpaired) electrons. The molecular weight excluding hydrogens is 361 g/mol. The van der Waals surface area contributed by atoms with Crippen LogP contribution in [-0.4, -0.2) is 16.6 Å². The number of carbonyl (C=O) groups excluding carboxylic acids is 2. The normalized spacial score (nSPS) is 10.6. The minimum absolute atomic E-state index is 0.0292. The van der Waals surface area contributed by atoms with E-state index in [4.69, 9.17) is 11.6 Å². The number of thiazole rings is 1. The first-order chi connectivity index (χ1) is 12.0. The molecule has 0 aliphatic heterocycles. The first-order valence-corrected chi connectivity index (χ1v) is 8.78. The van der Waals surface area contributed by atoms with Crippen molar-refractivity contribution in [2.24, 2.45) is 0 Å². The van der Waals surface area contributed by atoms with Gasteiger partial charge >= 0.3 is 0 Å². The highest BCUT2D eigenvalue weighted by Crippen LogP contribution is 2.22. The summed E-state index contributed by atoms with van der Waals surface area (Å²) in [5.74, 6) is -1.14. The van der Waals surface area contributed by atoms with Crippen LogP contribution in [0.25, 0.3) is 0 Å². The number of halogens is 2. The fraction of sp³-hybridized carbons (Fsp3) is 0.105. The predicted octanol–water partition coefficient (Wildman–Crippen LogP) is 4.52. The van der Waals surface area contributed by atoms with Crippen LogP contribution < -0.4 is 0 Å². The Morgan fingerprint density at radius 3 is 2.60 bits per heavy atom. The number of Topliss-reactive ketones (excluding diaryl/α,β-unsaturated/α-hetero) is 1. The van der Waals surface area contributed by atoms with Crippen molar-refractivity contribution in [3.05, 3.63) is 86.6 Å². The Hall–Kier alpha value is -2.37. The van der Waals surface area contributed by atoms with Crippen LogP contribution in [0.15, 0.2) is 54.0 Å². The van der Waals surface area contributed by atoms with E-state index in [0.29, 0.717) is 15.6 Å². The smallest absolute Gasteiger partial charge is 0.196 e. The van der Waals surface area contributed by atoms with Crippen molar-refractivity contribution < 1.29 is 14.0 Å². The van der Waals surface area contributed by atoms with E-state index in [1.165, 1.54) is 35.6 Å². The average Bonchev–Trinajstić information content (AvgIpc) is 3.07. The highest BCUT2D eigenvalue weighted by Gasteiger charge is 2.19. The maximum atomic E-state index is 13.9. The van der Waals surface area contributed by atoms with Gasteiger partial charge in [0.05, 0.1) is 17.0 Å². The summed E-state index contributed by atoms with van der Waals surface area (Å²) in [7, 11) is 0.